The number of hydrogen-bond acceptors (Lipinski definition) is 4. The zero-order chi connectivity index (χ0) is 18.1. The number of H-pyrrole nitrogens is 1. The molecule has 1 unspecified atom stereocenters. The average molecular weight is 353 g/mol. The molecule has 1 atom stereocenters. The highest BCUT2D eigenvalue weighted by molar-refractivity contribution is 5.93. The Morgan fingerprint density at radius 1 is 1.35 bits per heavy atom. The van der Waals surface area contributed by atoms with Crippen molar-refractivity contribution >= 4 is 5.91 Å². The fraction of sp³-hybridized carbons (Fsp3) is 0.450. The number of aromatic nitrogens is 2. The Labute approximate surface area is 152 Å². The van der Waals surface area contributed by atoms with Crippen LogP contribution in [0.25, 0.3) is 11.4 Å². The van der Waals surface area contributed by atoms with Crippen molar-refractivity contribution in [1.82, 2.24) is 15.3 Å². The summed E-state index contributed by atoms with van der Waals surface area (Å²) >= 11 is 0. The molecule has 1 aliphatic carbocycles. The lowest BCUT2D eigenvalue weighted by Gasteiger charge is -2.21. The summed E-state index contributed by atoms with van der Waals surface area (Å²) < 4.78 is 5.95. The van der Waals surface area contributed by atoms with Gasteiger partial charge in [0, 0.05) is 11.8 Å². The first-order valence-corrected chi connectivity index (χ1v) is 9.16. The second-order valence-corrected chi connectivity index (χ2v) is 7.42. The summed E-state index contributed by atoms with van der Waals surface area (Å²) in [4.78, 5) is 31.9. The topological polar surface area (TPSA) is 84.1 Å². The number of carbonyl (C=O) groups is 1. The Bertz CT molecular complexity index is 884. The molecule has 1 aromatic carbocycles. The van der Waals surface area contributed by atoms with Crippen LogP contribution in [-0.2, 0) is 4.74 Å². The highest BCUT2D eigenvalue weighted by atomic mass is 16.5. The van der Waals surface area contributed by atoms with Gasteiger partial charge in [-0.2, -0.15) is 0 Å². The van der Waals surface area contributed by atoms with Crippen LogP contribution in [-0.4, -0.2) is 34.1 Å². The maximum Gasteiger partial charge on any atom is 0.264 e. The van der Waals surface area contributed by atoms with E-state index in [1.807, 2.05) is 31.2 Å². The number of nitrogens with zero attached hydrogens (tertiary/aromatic N) is 1. The van der Waals surface area contributed by atoms with Crippen LogP contribution >= 0.6 is 0 Å². The van der Waals surface area contributed by atoms with E-state index in [-0.39, 0.29) is 17.2 Å². The molecule has 2 heterocycles. The predicted octanol–water partition coefficient (Wildman–Crippen LogP) is 2.58. The molecule has 1 aliphatic heterocycles. The van der Waals surface area contributed by atoms with Crippen molar-refractivity contribution < 1.29 is 9.53 Å². The van der Waals surface area contributed by atoms with E-state index in [1.165, 1.54) is 19.0 Å². The molecule has 2 aliphatic rings. The monoisotopic (exact) mass is 353 g/mol. The summed E-state index contributed by atoms with van der Waals surface area (Å²) in [6, 6.07) is 7.65. The van der Waals surface area contributed by atoms with Gasteiger partial charge in [-0.15, -0.1) is 0 Å². The SMILES string of the molecule is Cc1cccc(-c2ncc(C(=O)NC3COC4(CCCC4)C3)c(=O)[nH]2)c1. The van der Waals surface area contributed by atoms with Crippen molar-refractivity contribution in [2.24, 2.45) is 0 Å². The molecule has 6 heteroatoms. The number of carbonyl (C=O) groups excluding carboxylic acids is 1. The minimum Gasteiger partial charge on any atom is -0.373 e. The van der Waals surface area contributed by atoms with Gasteiger partial charge in [0.1, 0.15) is 11.4 Å². The minimum absolute atomic E-state index is 0.0359. The van der Waals surface area contributed by atoms with E-state index in [9.17, 15) is 9.59 Å². The minimum atomic E-state index is -0.427. The molecule has 136 valence electrons. The third-order valence-corrected chi connectivity index (χ3v) is 5.39. The third-order valence-electron chi connectivity index (χ3n) is 5.39. The van der Waals surface area contributed by atoms with Gasteiger partial charge >= 0.3 is 0 Å². The molecule has 2 aromatic rings. The molecule has 1 saturated heterocycles. The van der Waals surface area contributed by atoms with Gasteiger partial charge in [-0.3, -0.25) is 9.59 Å². The highest BCUT2D eigenvalue weighted by Crippen LogP contribution is 2.40. The van der Waals surface area contributed by atoms with E-state index in [4.69, 9.17) is 4.74 Å². The van der Waals surface area contributed by atoms with E-state index in [0.717, 1.165) is 30.4 Å². The number of amides is 1. The maximum absolute atomic E-state index is 12.5. The van der Waals surface area contributed by atoms with E-state index < -0.39 is 11.5 Å². The van der Waals surface area contributed by atoms with Crippen LogP contribution in [0.4, 0.5) is 0 Å². The van der Waals surface area contributed by atoms with E-state index >= 15 is 0 Å². The van der Waals surface area contributed by atoms with Crippen molar-refractivity contribution in [3.05, 3.63) is 51.9 Å². The number of rotatable bonds is 3. The molecule has 1 aromatic heterocycles. The summed E-state index contributed by atoms with van der Waals surface area (Å²) in [6.45, 7) is 2.49. The summed E-state index contributed by atoms with van der Waals surface area (Å²) in [5.41, 5.74) is 1.45. The van der Waals surface area contributed by atoms with Gasteiger partial charge in [-0.05, 0) is 32.3 Å². The largest absolute Gasteiger partial charge is 0.373 e. The van der Waals surface area contributed by atoms with Crippen LogP contribution in [0.15, 0.2) is 35.3 Å². The Kier molecular flexibility index (Phi) is 4.36. The molecular formula is C20H23N3O3. The zero-order valence-corrected chi connectivity index (χ0v) is 14.9. The van der Waals surface area contributed by atoms with Gasteiger partial charge in [0.25, 0.3) is 11.5 Å². The Balaban J connectivity index is 1.48. The first-order chi connectivity index (χ1) is 12.5. The van der Waals surface area contributed by atoms with Gasteiger partial charge in [0.2, 0.25) is 0 Å². The Morgan fingerprint density at radius 2 is 2.15 bits per heavy atom. The first-order valence-electron chi connectivity index (χ1n) is 9.16. The van der Waals surface area contributed by atoms with E-state index in [1.54, 1.807) is 0 Å². The predicted molar refractivity (Wildman–Crippen MR) is 98.1 cm³/mol. The van der Waals surface area contributed by atoms with Crippen molar-refractivity contribution in [1.29, 1.82) is 0 Å². The summed E-state index contributed by atoms with van der Waals surface area (Å²) in [7, 11) is 0. The summed E-state index contributed by atoms with van der Waals surface area (Å²) in [6.07, 6.45) is 6.67. The normalized spacial score (nSPS) is 21.2. The molecule has 2 N–H and O–H groups in total. The average Bonchev–Trinajstić information content (AvgIpc) is 3.24. The zero-order valence-electron chi connectivity index (χ0n) is 14.9. The van der Waals surface area contributed by atoms with Crippen LogP contribution in [0.2, 0.25) is 0 Å². The van der Waals surface area contributed by atoms with Gasteiger partial charge in [-0.25, -0.2) is 4.98 Å². The van der Waals surface area contributed by atoms with Gasteiger partial charge in [-0.1, -0.05) is 36.6 Å². The lowest BCUT2D eigenvalue weighted by Crippen LogP contribution is -2.39. The smallest absolute Gasteiger partial charge is 0.264 e. The van der Waals surface area contributed by atoms with Crippen LogP contribution in [0.1, 0.15) is 48.0 Å². The van der Waals surface area contributed by atoms with Gasteiger partial charge in [0.05, 0.1) is 18.2 Å². The molecular weight excluding hydrogens is 330 g/mol. The van der Waals surface area contributed by atoms with Crippen molar-refractivity contribution in [3.63, 3.8) is 0 Å². The Hall–Kier alpha value is -2.47. The maximum atomic E-state index is 12.5. The highest BCUT2D eigenvalue weighted by Gasteiger charge is 2.42. The standard InChI is InChI=1S/C20H23N3O3/c1-13-5-4-6-14(9-13)17-21-11-16(19(25)23-17)18(24)22-15-10-20(26-12-15)7-2-3-8-20/h4-6,9,11,15H,2-3,7-8,10,12H2,1H3,(H,22,24)(H,21,23,25). The number of ether oxygens (including phenoxy) is 1. The fourth-order valence-electron chi connectivity index (χ4n) is 4.06. The second kappa shape index (κ2) is 6.68. The quantitative estimate of drug-likeness (QED) is 0.888. The first kappa shape index (κ1) is 17.0. The van der Waals surface area contributed by atoms with E-state index in [0.29, 0.717) is 12.4 Å². The van der Waals surface area contributed by atoms with Crippen LogP contribution in [0.5, 0.6) is 0 Å². The molecule has 6 nitrogen and oxygen atoms in total. The molecule has 1 saturated carbocycles. The van der Waals surface area contributed by atoms with E-state index in [2.05, 4.69) is 15.3 Å². The van der Waals surface area contributed by atoms with Crippen LogP contribution in [0, 0.1) is 6.92 Å². The van der Waals surface area contributed by atoms with Crippen molar-refractivity contribution in [3.8, 4) is 11.4 Å². The van der Waals surface area contributed by atoms with Crippen LogP contribution < -0.4 is 10.9 Å². The number of benzene rings is 1. The summed E-state index contributed by atoms with van der Waals surface area (Å²) in [5.74, 6) is 0.0718. The van der Waals surface area contributed by atoms with Crippen LogP contribution in [0.3, 0.4) is 0 Å². The molecule has 1 amide bonds. The lowest BCUT2D eigenvalue weighted by molar-refractivity contribution is 0.00987. The molecule has 1 spiro atoms. The number of aromatic amines is 1. The van der Waals surface area contributed by atoms with Gasteiger partial charge < -0.3 is 15.0 Å². The van der Waals surface area contributed by atoms with Crippen molar-refractivity contribution in [2.75, 3.05) is 6.61 Å². The molecule has 4 rings (SSSR count). The second-order valence-electron chi connectivity index (χ2n) is 7.42. The molecule has 0 radical (unpaired) electrons. The fourth-order valence-corrected chi connectivity index (χ4v) is 4.06. The molecule has 26 heavy (non-hydrogen) atoms. The summed E-state index contributed by atoms with van der Waals surface area (Å²) in [5, 5.41) is 2.93. The van der Waals surface area contributed by atoms with Crippen molar-refractivity contribution in [2.45, 2.75) is 50.7 Å². The lowest BCUT2D eigenvalue weighted by atomic mass is 9.96. The number of nitrogens with one attached hydrogen (secondary N) is 2. The number of aryl methyl sites for hydroxylation is 1. The molecule has 2 fully saturated rings. The Morgan fingerprint density at radius 3 is 2.88 bits per heavy atom. The molecule has 0 bridgehead atoms. The van der Waals surface area contributed by atoms with Gasteiger partial charge in [0.15, 0.2) is 0 Å². The third kappa shape index (κ3) is 3.29. The number of hydrogen-bond donors (Lipinski definition) is 2.